The van der Waals surface area contributed by atoms with Crippen LogP contribution in [0.4, 0.5) is 11.4 Å². The van der Waals surface area contributed by atoms with Gasteiger partial charge in [0.2, 0.25) is 5.91 Å². The van der Waals surface area contributed by atoms with Gasteiger partial charge in [-0.1, -0.05) is 53.7 Å². The lowest BCUT2D eigenvalue weighted by Crippen LogP contribution is -2.22. The van der Waals surface area contributed by atoms with E-state index in [9.17, 15) is 13.2 Å². The number of amides is 1. The number of rotatable bonds is 7. The number of hydrogen-bond donors (Lipinski definition) is 1. The summed E-state index contributed by atoms with van der Waals surface area (Å²) in [4.78, 5) is 13.4. The summed E-state index contributed by atoms with van der Waals surface area (Å²) < 4.78 is 29.7. The van der Waals surface area contributed by atoms with Crippen molar-refractivity contribution in [2.24, 2.45) is 0 Å². The van der Waals surface area contributed by atoms with Crippen LogP contribution in [-0.4, -0.2) is 21.4 Å². The smallest absolute Gasteiger partial charge is 0.262 e. The molecule has 2 rings (SSSR count). The highest BCUT2D eigenvalue weighted by Gasteiger charge is 2.27. The predicted molar refractivity (Wildman–Crippen MR) is 125 cm³/mol. The van der Waals surface area contributed by atoms with Crippen LogP contribution in [-0.2, 0) is 14.8 Å². The molecule has 1 amide bonds. The van der Waals surface area contributed by atoms with E-state index in [0.29, 0.717) is 22.2 Å². The van der Waals surface area contributed by atoms with Crippen LogP contribution in [0, 0.1) is 0 Å². The van der Waals surface area contributed by atoms with Crippen LogP contribution in [0.2, 0.25) is 0 Å². The fourth-order valence-corrected chi connectivity index (χ4v) is 5.10. The molecule has 1 N–H and O–H groups in total. The van der Waals surface area contributed by atoms with Gasteiger partial charge < -0.3 is 4.90 Å². The van der Waals surface area contributed by atoms with E-state index in [2.05, 4.69) is 18.6 Å². The van der Waals surface area contributed by atoms with Crippen LogP contribution >= 0.6 is 0 Å². The van der Waals surface area contributed by atoms with Gasteiger partial charge in [-0.3, -0.25) is 9.52 Å². The summed E-state index contributed by atoms with van der Waals surface area (Å²) in [5.74, 6) is 0.367. The first kappa shape index (κ1) is 23.9. The zero-order valence-corrected chi connectivity index (χ0v) is 20.1. The Labute approximate surface area is 181 Å². The highest BCUT2D eigenvalue weighted by Crippen LogP contribution is 2.36. The summed E-state index contributed by atoms with van der Waals surface area (Å²) in [6.45, 7) is 13.8. The van der Waals surface area contributed by atoms with E-state index in [4.69, 9.17) is 0 Å². The Kier molecular flexibility index (Phi) is 7.35. The van der Waals surface area contributed by atoms with Gasteiger partial charge >= 0.3 is 0 Å². The van der Waals surface area contributed by atoms with E-state index in [1.54, 1.807) is 31.3 Å². The van der Waals surface area contributed by atoms with Gasteiger partial charge in [-0.25, -0.2) is 8.42 Å². The topological polar surface area (TPSA) is 66.5 Å². The van der Waals surface area contributed by atoms with Gasteiger partial charge in [-0.2, -0.15) is 0 Å². The highest BCUT2D eigenvalue weighted by atomic mass is 32.2. The lowest BCUT2D eigenvalue weighted by atomic mass is 9.89. The summed E-state index contributed by atoms with van der Waals surface area (Å²) in [5.41, 5.74) is 4.00. The van der Waals surface area contributed by atoms with Crippen molar-refractivity contribution in [2.45, 2.75) is 71.1 Å². The van der Waals surface area contributed by atoms with E-state index in [-0.39, 0.29) is 17.7 Å². The maximum Gasteiger partial charge on any atom is 0.262 e. The van der Waals surface area contributed by atoms with Crippen molar-refractivity contribution in [1.29, 1.82) is 0 Å². The van der Waals surface area contributed by atoms with E-state index in [1.165, 1.54) is 11.8 Å². The van der Waals surface area contributed by atoms with Crippen molar-refractivity contribution in [3.8, 4) is 0 Å². The average Bonchev–Trinajstić information content (AvgIpc) is 2.66. The molecule has 6 heteroatoms. The lowest BCUT2D eigenvalue weighted by molar-refractivity contribution is -0.116. The molecule has 0 bridgehead atoms. The number of carbonyl (C=O) groups is 1. The predicted octanol–water partition coefficient (Wildman–Crippen LogP) is 5.84. The van der Waals surface area contributed by atoms with Gasteiger partial charge in [-0.15, -0.1) is 0 Å². The molecule has 0 fully saturated rings. The quantitative estimate of drug-likeness (QED) is 0.600. The second-order valence-electron chi connectivity index (χ2n) is 8.72. The number of hydrogen-bond acceptors (Lipinski definition) is 3. The third-order valence-electron chi connectivity index (χ3n) is 5.33. The molecule has 0 aliphatic carbocycles. The number of sulfonamides is 1. The van der Waals surface area contributed by atoms with E-state index < -0.39 is 10.0 Å². The summed E-state index contributed by atoms with van der Waals surface area (Å²) in [5, 5.41) is 0. The minimum atomic E-state index is -3.79. The maximum absolute atomic E-state index is 13.5. The minimum Gasteiger partial charge on any atom is -0.316 e. The lowest BCUT2D eigenvalue weighted by Gasteiger charge is -2.23. The van der Waals surface area contributed by atoms with Crippen molar-refractivity contribution >= 4 is 27.3 Å². The maximum atomic E-state index is 13.5. The van der Waals surface area contributed by atoms with E-state index in [1.807, 2.05) is 39.8 Å². The van der Waals surface area contributed by atoms with Crippen LogP contribution in [0.1, 0.15) is 82.9 Å². The first-order chi connectivity index (χ1) is 13.8. The zero-order chi connectivity index (χ0) is 22.8. The molecule has 0 saturated heterocycles. The number of nitrogens with one attached hydrogen (secondary N) is 1. The molecular weight excluding hydrogens is 396 g/mol. The van der Waals surface area contributed by atoms with Gasteiger partial charge in [0.05, 0.1) is 4.90 Å². The molecule has 5 nitrogen and oxygen atoms in total. The SMILES string of the molecule is CC(=O)N(C)c1ccc(NS(=O)(=O)c2c(C(C)C)cc(C(C)C)cc2C(C)C)cc1. The Hall–Kier alpha value is -2.34. The molecular formula is C24H34N2O3S. The molecule has 0 aliphatic heterocycles. The fourth-order valence-electron chi connectivity index (χ4n) is 3.34. The van der Waals surface area contributed by atoms with Gasteiger partial charge in [0.15, 0.2) is 0 Å². The highest BCUT2D eigenvalue weighted by molar-refractivity contribution is 7.92. The molecule has 0 saturated carbocycles. The van der Waals surface area contributed by atoms with E-state index in [0.717, 1.165) is 16.7 Å². The Bertz CT molecular complexity index is 978. The normalized spacial score (nSPS) is 12.0. The largest absolute Gasteiger partial charge is 0.316 e. The summed E-state index contributed by atoms with van der Waals surface area (Å²) in [7, 11) is -2.10. The Morgan fingerprint density at radius 1 is 0.867 bits per heavy atom. The van der Waals surface area contributed by atoms with Crippen LogP contribution in [0.5, 0.6) is 0 Å². The fraction of sp³-hybridized carbons (Fsp3) is 0.458. The van der Waals surface area contributed by atoms with Crippen LogP contribution in [0.25, 0.3) is 0 Å². The summed E-state index contributed by atoms with van der Waals surface area (Å²) in [6, 6.07) is 10.9. The third kappa shape index (κ3) is 5.22. The molecule has 0 aromatic heterocycles. The Balaban J connectivity index is 2.54. The van der Waals surface area contributed by atoms with Crippen molar-refractivity contribution in [3.05, 3.63) is 53.1 Å². The molecule has 0 aliphatic rings. The standard InChI is InChI=1S/C24H34N2O3S/c1-15(2)19-13-22(16(3)4)24(23(14-19)17(5)6)30(28,29)25-20-9-11-21(12-10-20)26(8)18(7)27/h9-17,25H,1-8H3. The number of anilines is 2. The van der Waals surface area contributed by atoms with Crippen molar-refractivity contribution in [1.82, 2.24) is 0 Å². The average molecular weight is 431 g/mol. The Morgan fingerprint density at radius 2 is 1.33 bits per heavy atom. The van der Waals surface area contributed by atoms with Crippen molar-refractivity contribution in [3.63, 3.8) is 0 Å². The summed E-state index contributed by atoms with van der Waals surface area (Å²) >= 11 is 0. The number of carbonyl (C=O) groups excluding carboxylic acids is 1. The van der Waals surface area contributed by atoms with Gasteiger partial charge in [-0.05, 0) is 58.7 Å². The second-order valence-corrected chi connectivity index (χ2v) is 10.3. The van der Waals surface area contributed by atoms with E-state index >= 15 is 0 Å². The van der Waals surface area contributed by atoms with Crippen molar-refractivity contribution in [2.75, 3.05) is 16.7 Å². The van der Waals surface area contributed by atoms with Gasteiger partial charge in [0.1, 0.15) is 0 Å². The molecule has 0 radical (unpaired) electrons. The molecule has 0 unspecified atom stereocenters. The van der Waals surface area contributed by atoms with Gasteiger partial charge in [0, 0.05) is 25.3 Å². The molecule has 0 heterocycles. The number of nitrogens with zero attached hydrogens (tertiary/aromatic N) is 1. The minimum absolute atomic E-state index is 0.0689. The monoisotopic (exact) mass is 430 g/mol. The van der Waals surface area contributed by atoms with Gasteiger partial charge in [0.25, 0.3) is 10.0 Å². The molecule has 2 aromatic carbocycles. The molecule has 2 aromatic rings. The Morgan fingerprint density at radius 3 is 1.70 bits per heavy atom. The molecule has 0 spiro atoms. The van der Waals surface area contributed by atoms with Crippen LogP contribution in [0.3, 0.4) is 0 Å². The van der Waals surface area contributed by atoms with Crippen LogP contribution < -0.4 is 9.62 Å². The first-order valence-electron chi connectivity index (χ1n) is 10.4. The third-order valence-corrected chi connectivity index (χ3v) is 6.84. The zero-order valence-electron chi connectivity index (χ0n) is 19.3. The molecule has 164 valence electrons. The van der Waals surface area contributed by atoms with Crippen LogP contribution in [0.15, 0.2) is 41.3 Å². The molecule has 0 atom stereocenters. The summed E-state index contributed by atoms with van der Waals surface area (Å²) in [6.07, 6.45) is 0. The van der Waals surface area contributed by atoms with Crippen molar-refractivity contribution < 1.29 is 13.2 Å². The number of benzene rings is 2. The first-order valence-corrected chi connectivity index (χ1v) is 11.9. The molecule has 30 heavy (non-hydrogen) atoms. The second kappa shape index (κ2) is 9.21.